The zero-order valence-corrected chi connectivity index (χ0v) is 24.6. The van der Waals surface area contributed by atoms with Crippen molar-refractivity contribution in [1.82, 2.24) is 14.9 Å². The zero-order chi connectivity index (χ0) is 29.0. The van der Waals surface area contributed by atoms with Gasteiger partial charge in [-0.25, -0.2) is 4.98 Å². The first kappa shape index (κ1) is 28.9. The number of nitrogens with zero attached hydrogens (tertiary/aromatic N) is 3. The minimum Gasteiger partial charge on any atom is -0.481 e. The van der Waals surface area contributed by atoms with Crippen molar-refractivity contribution in [3.63, 3.8) is 0 Å². The minimum absolute atomic E-state index is 0.178. The number of likely N-dealkylation sites (N-methyl/N-ethyl adjacent to an activating group) is 1. The number of hydrogen-bond acceptors (Lipinski definition) is 4. The number of nitrogens with one attached hydrogen (secondary N) is 1. The second-order valence-electron chi connectivity index (χ2n) is 10.9. The Balaban J connectivity index is 1.64. The molecule has 0 aliphatic rings. The molecular weight excluding hydrogens is 500 g/mol. The van der Waals surface area contributed by atoms with Gasteiger partial charge in [-0.15, -0.1) is 0 Å². The topological polar surface area (TPSA) is 76.5 Å². The third-order valence-corrected chi connectivity index (χ3v) is 7.45. The summed E-state index contributed by atoms with van der Waals surface area (Å²) in [6.45, 7) is 11.6. The molecule has 2 heterocycles. The second kappa shape index (κ2) is 12.4. The van der Waals surface area contributed by atoms with Gasteiger partial charge >= 0.3 is 0 Å². The van der Waals surface area contributed by atoms with Crippen molar-refractivity contribution >= 4 is 28.4 Å². The molecule has 7 nitrogen and oxygen atoms in total. The van der Waals surface area contributed by atoms with Crippen molar-refractivity contribution < 1.29 is 14.3 Å². The molecule has 0 fully saturated rings. The van der Waals surface area contributed by atoms with Gasteiger partial charge in [0.05, 0.1) is 30.9 Å². The highest BCUT2D eigenvalue weighted by molar-refractivity contribution is 6.00. The SMILES string of the molecule is COc1ccc(N(C)C(=O)[C@H](Cc2ccccc2)NC(=O)Cc2c(C)n(CC(C)C)c3c(C)ccc(C)c23)cn1. The van der Waals surface area contributed by atoms with E-state index in [0.717, 1.165) is 34.3 Å². The van der Waals surface area contributed by atoms with Gasteiger partial charge in [-0.3, -0.25) is 9.59 Å². The van der Waals surface area contributed by atoms with E-state index in [4.69, 9.17) is 4.74 Å². The van der Waals surface area contributed by atoms with Gasteiger partial charge in [-0.2, -0.15) is 0 Å². The van der Waals surface area contributed by atoms with Crippen molar-refractivity contribution in [2.45, 2.75) is 60.0 Å². The highest BCUT2D eigenvalue weighted by Gasteiger charge is 2.27. The van der Waals surface area contributed by atoms with Crippen LogP contribution in [0.4, 0.5) is 5.69 Å². The van der Waals surface area contributed by atoms with Crippen LogP contribution in [0.15, 0.2) is 60.8 Å². The summed E-state index contributed by atoms with van der Waals surface area (Å²) in [7, 11) is 3.25. The van der Waals surface area contributed by atoms with E-state index in [0.29, 0.717) is 23.9 Å². The molecule has 0 spiro atoms. The smallest absolute Gasteiger partial charge is 0.249 e. The van der Waals surface area contributed by atoms with Crippen LogP contribution in [0.5, 0.6) is 5.88 Å². The first-order chi connectivity index (χ1) is 19.1. The molecule has 40 heavy (non-hydrogen) atoms. The van der Waals surface area contributed by atoms with Gasteiger partial charge in [-0.1, -0.05) is 56.3 Å². The molecule has 7 heteroatoms. The van der Waals surface area contributed by atoms with Crippen molar-refractivity contribution in [3.05, 3.63) is 88.7 Å². The fraction of sp³-hybridized carbons (Fsp3) is 0.364. The average molecular weight is 541 g/mol. The van der Waals surface area contributed by atoms with Crippen molar-refractivity contribution in [1.29, 1.82) is 0 Å². The predicted octanol–water partition coefficient (Wildman–Crippen LogP) is 5.56. The lowest BCUT2D eigenvalue weighted by molar-refractivity contribution is -0.127. The van der Waals surface area contributed by atoms with Gasteiger partial charge < -0.3 is 19.5 Å². The number of aryl methyl sites for hydroxylation is 2. The quantitative estimate of drug-likeness (QED) is 0.286. The van der Waals surface area contributed by atoms with Crippen LogP contribution in [-0.2, 0) is 29.0 Å². The highest BCUT2D eigenvalue weighted by Crippen LogP contribution is 2.32. The standard InChI is InChI=1S/C33H40N4O3/c1-21(2)20-37-24(5)27(31-22(3)13-14-23(4)32(31)37)18-29(38)35-28(17-25-11-9-8-10-12-25)33(39)36(6)26-15-16-30(40-7)34-19-26/h8-16,19,21,28H,17-18,20H2,1-7H3,(H,35,38)/t28-/m0/s1. The van der Waals surface area contributed by atoms with Gasteiger partial charge in [-0.05, 0) is 55.0 Å². The monoisotopic (exact) mass is 540 g/mol. The normalized spacial score (nSPS) is 12.0. The largest absolute Gasteiger partial charge is 0.481 e. The van der Waals surface area contributed by atoms with E-state index >= 15 is 0 Å². The maximum Gasteiger partial charge on any atom is 0.249 e. The summed E-state index contributed by atoms with van der Waals surface area (Å²) in [5.41, 5.74) is 7.25. The molecule has 0 bridgehead atoms. The van der Waals surface area contributed by atoms with E-state index < -0.39 is 6.04 Å². The van der Waals surface area contributed by atoms with Crippen molar-refractivity contribution in [2.75, 3.05) is 19.1 Å². The van der Waals surface area contributed by atoms with Gasteiger partial charge in [0.15, 0.2) is 0 Å². The maximum absolute atomic E-state index is 13.7. The summed E-state index contributed by atoms with van der Waals surface area (Å²) < 4.78 is 7.50. The number of methoxy groups -OCH3 is 1. The van der Waals surface area contributed by atoms with E-state index in [1.54, 1.807) is 32.5 Å². The van der Waals surface area contributed by atoms with Gasteiger partial charge in [0.1, 0.15) is 6.04 Å². The fourth-order valence-electron chi connectivity index (χ4n) is 5.35. The lowest BCUT2D eigenvalue weighted by Crippen LogP contribution is -2.49. The summed E-state index contributed by atoms with van der Waals surface area (Å²) >= 11 is 0. The molecule has 2 amide bonds. The number of rotatable bonds is 10. The Bertz CT molecular complexity index is 1490. The van der Waals surface area contributed by atoms with E-state index in [1.165, 1.54) is 16.0 Å². The lowest BCUT2D eigenvalue weighted by Gasteiger charge is -2.25. The summed E-state index contributed by atoms with van der Waals surface area (Å²) in [6, 6.07) is 16.8. The average Bonchev–Trinajstić information content (AvgIpc) is 3.21. The number of carbonyl (C=O) groups is 2. The Morgan fingerprint density at radius 2 is 1.70 bits per heavy atom. The number of hydrogen-bond donors (Lipinski definition) is 1. The Hall–Kier alpha value is -4.13. The molecule has 0 saturated heterocycles. The van der Waals surface area contributed by atoms with Crippen molar-refractivity contribution in [3.8, 4) is 5.88 Å². The van der Waals surface area contributed by atoms with E-state index in [1.807, 2.05) is 30.3 Å². The van der Waals surface area contributed by atoms with E-state index in [9.17, 15) is 9.59 Å². The highest BCUT2D eigenvalue weighted by atomic mass is 16.5. The first-order valence-corrected chi connectivity index (χ1v) is 13.8. The van der Waals surface area contributed by atoms with E-state index in [2.05, 4.69) is 61.6 Å². The Kier molecular flexibility index (Phi) is 8.93. The molecule has 0 aliphatic heterocycles. The molecule has 0 aliphatic carbocycles. The van der Waals surface area contributed by atoms with Crippen LogP contribution in [0.1, 0.15) is 41.8 Å². The summed E-state index contributed by atoms with van der Waals surface area (Å²) in [6.07, 6.45) is 2.17. The molecule has 1 atom stereocenters. The molecule has 0 saturated carbocycles. The summed E-state index contributed by atoms with van der Waals surface area (Å²) in [5.74, 6) is 0.543. The number of benzene rings is 2. The molecule has 0 unspecified atom stereocenters. The second-order valence-corrected chi connectivity index (χ2v) is 10.9. The van der Waals surface area contributed by atoms with Crippen LogP contribution < -0.4 is 15.0 Å². The van der Waals surface area contributed by atoms with Crippen LogP contribution in [0.2, 0.25) is 0 Å². The number of pyridine rings is 1. The van der Waals surface area contributed by atoms with E-state index in [-0.39, 0.29) is 18.2 Å². The van der Waals surface area contributed by atoms with Gasteiger partial charge in [0.25, 0.3) is 0 Å². The molecule has 1 N–H and O–H groups in total. The molecule has 210 valence electrons. The Labute approximate surface area is 237 Å². The minimum atomic E-state index is -0.742. The first-order valence-electron chi connectivity index (χ1n) is 13.8. The third kappa shape index (κ3) is 6.19. The summed E-state index contributed by atoms with van der Waals surface area (Å²) in [4.78, 5) is 33.2. The predicted molar refractivity (Wildman–Crippen MR) is 161 cm³/mol. The van der Waals surface area contributed by atoms with Crippen LogP contribution in [0, 0.1) is 26.7 Å². The Morgan fingerprint density at radius 1 is 1.00 bits per heavy atom. The molecule has 2 aromatic heterocycles. The number of aromatic nitrogens is 2. The molecular formula is C33H40N4O3. The van der Waals surface area contributed by atoms with Gasteiger partial charge in [0.2, 0.25) is 17.7 Å². The summed E-state index contributed by atoms with van der Waals surface area (Å²) in [5, 5.41) is 4.22. The molecule has 4 rings (SSSR count). The lowest BCUT2D eigenvalue weighted by atomic mass is 10.00. The number of carbonyl (C=O) groups excluding carboxylic acids is 2. The maximum atomic E-state index is 13.7. The molecule has 2 aromatic carbocycles. The zero-order valence-electron chi connectivity index (χ0n) is 24.6. The van der Waals surface area contributed by atoms with Crippen LogP contribution >= 0.6 is 0 Å². The van der Waals surface area contributed by atoms with Crippen LogP contribution in [0.3, 0.4) is 0 Å². The molecule has 4 aromatic rings. The van der Waals surface area contributed by atoms with Gasteiger partial charge in [0, 0.05) is 37.2 Å². The number of ether oxygens (including phenoxy) is 1. The van der Waals surface area contributed by atoms with Crippen LogP contribution in [0.25, 0.3) is 10.9 Å². The van der Waals surface area contributed by atoms with Crippen LogP contribution in [-0.4, -0.2) is 41.6 Å². The Morgan fingerprint density at radius 3 is 2.33 bits per heavy atom. The van der Waals surface area contributed by atoms with Crippen molar-refractivity contribution in [2.24, 2.45) is 5.92 Å². The number of anilines is 1. The molecule has 0 radical (unpaired) electrons. The number of amides is 2. The fourth-order valence-corrected chi connectivity index (χ4v) is 5.35. The number of fused-ring (bicyclic) bond motifs is 1. The third-order valence-electron chi connectivity index (χ3n) is 7.45.